The van der Waals surface area contributed by atoms with Gasteiger partial charge in [0.05, 0.1) is 12.7 Å². The molecule has 0 saturated carbocycles. The van der Waals surface area contributed by atoms with Crippen LogP contribution in [0.5, 0.6) is 0 Å². The maximum absolute atomic E-state index is 12.3. The second-order valence-corrected chi connectivity index (χ2v) is 8.26. The number of benzene rings is 3. The molecular formula is C29H24N2O4. The van der Waals surface area contributed by atoms with Gasteiger partial charge >= 0.3 is 12.1 Å². The summed E-state index contributed by atoms with van der Waals surface area (Å²) in [5, 5.41) is 3.53. The monoisotopic (exact) mass is 464 g/mol. The fraction of sp³-hybridized carbons (Fsp3) is 0.172. The summed E-state index contributed by atoms with van der Waals surface area (Å²) in [5.74, 6) is 5.77. The van der Waals surface area contributed by atoms with Gasteiger partial charge in [0.15, 0.2) is 0 Å². The summed E-state index contributed by atoms with van der Waals surface area (Å²) in [7, 11) is 1.36. The molecule has 0 bridgehead atoms. The van der Waals surface area contributed by atoms with E-state index in [1.807, 2.05) is 42.5 Å². The first-order valence-corrected chi connectivity index (χ1v) is 11.4. The Morgan fingerprint density at radius 1 is 1.00 bits per heavy atom. The third-order valence-corrected chi connectivity index (χ3v) is 6.18. The first kappa shape index (κ1) is 22.3. The molecule has 174 valence electrons. The largest absolute Gasteiger partial charge is 0.465 e. The fourth-order valence-corrected chi connectivity index (χ4v) is 4.52. The summed E-state index contributed by atoms with van der Waals surface area (Å²) in [6, 6.07) is 22.1. The van der Waals surface area contributed by atoms with E-state index in [2.05, 4.69) is 46.4 Å². The van der Waals surface area contributed by atoms with Gasteiger partial charge in [0.1, 0.15) is 6.61 Å². The van der Waals surface area contributed by atoms with Crippen LogP contribution >= 0.6 is 0 Å². The summed E-state index contributed by atoms with van der Waals surface area (Å²) in [6.07, 6.45) is 1.65. The van der Waals surface area contributed by atoms with Gasteiger partial charge in [0, 0.05) is 41.5 Å². The van der Waals surface area contributed by atoms with Crippen molar-refractivity contribution in [2.24, 2.45) is 0 Å². The smallest absolute Gasteiger partial charge is 0.407 e. The molecule has 0 unspecified atom stereocenters. The molecule has 1 aliphatic carbocycles. The normalized spacial score (nSPS) is 11.8. The van der Waals surface area contributed by atoms with E-state index < -0.39 is 12.1 Å². The van der Waals surface area contributed by atoms with Gasteiger partial charge in [-0.2, -0.15) is 0 Å². The highest BCUT2D eigenvalue weighted by Crippen LogP contribution is 2.44. The molecule has 6 nitrogen and oxygen atoms in total. The zero-order valence-electron chi connectivity index (χ0n) is 19.3. The number of rotatable bonds is 5. The minimum absolute atomic E-state index is 0.0335. The second-order valence-electron chi connectivity index (χ2n) is 8.26. The van der Waals surface area contributed by atoms with Crippen molar-refractivity contribution in [3.63, 3.8) is 0 Å². The minimum atomic E-state index is -0.454. The number of aromatic nitrogens is 1. The molecule has 1 heterocycles. The number of methoxy groups -OCH3 is 1. The van der Waals surface area contributed by atoms with Gasteiger partial charge in [-0.25, -0.2) is 9.59 Å². The zero-order chi connectivity index (χ0) is 24.2. The number of amides is 1. The quantitative estimate of drug-likeness (QED) is 0.241. The lowest BCUT2D eigenvalue weighted by atomic mass is 9.98. The SMILES string of the molecule is COC(=O)c1c[nH]c2ccc(C#CCCNC(=O)OCC3c4ccccc4-c4ccccc43)cc12. The molecular weight excluding hydrogens is 440 g/mol. The predicted octanol–water partition coefficient (Wildman–Crippen LogP) is 5.23. The summed E-state index contributed by atoms with van der Waals surface area (Å²) >= 11 is 0. The molecule has 4 aromatic rings. The minimum Gasteiger partial charge on any atom is -0.465 e. The molecule has 1 amide bonds. The lowest BCUT2D eigenvalue weighted by molar-refractivity contribution is 0.0603. The number of H-pyrrole nitrogens is 1. The molecule has 5 rings (SSSR count). The first-order valence-electron chi connectivity index (χ1n) is 11.4. The average molecular weight is 465 g/mol. The van der Waals surface area contributed by atoms with E-state index in [-0.39, 0.29) is 12.5 Å². The molecule has 0 saturated heterocycles. The summed E-state index contributed by atoms with van der Waals surface area (Å²) in [6.45, 7) is 0.661. The molecule has 1 aromatic heterocycles. The Balaban J connectivity index is 1.14. The van der Waals surface area contributed by atoms with E-state index in [0.29, 0.717) is 18.5 Å². The highest BCUT2D eigenvalue weighted by Gasteiger charge is 2.28. The second kappa shape index (κ2) is 9.78. The maximum atomic E-state index is 12.3. The van der Waals surface area contributed by atoms with Crippen molar-refractivity contribution < 1.29 is 19.1 Å². The van der Waals surface area contributed by atoms with Gasteiger partial charge in [-0.15, -0.1) is 0 Å². The molecule has 0 fully saturated rings. The van der Waals surface area contributed by atoms with Gasteiger partial charge < -0.3 is 19.8 Å². The van der Waals surface area contributed by atoms with E-state index in [1.54, 1.807) is 6.20 Å². The van der Waals surface area contributed by atoms with E-state index in [4.69, 9.17) is 9.47 Å². The Morgan fingerprint density at radius 2 is 1.71 bits per heavy atom. The van der Waals surface area contributed by atoms with Crippen LogP contribution in [0.4, 0.5) is 4.79 Å². The van der Waals surface area contributed by atoms with Crippen LogP contribution in [-0.2, 0) is 9.47 Å². The first-order chi connectivity index (χ1) is 17.2. The van der Waals surface area contributed by atoms with Crippen LogP contribution in [0.15, 0.2) is 72.9 Å². The highest BCUT2D eigenvalue weighted by atomic mass is 16.5. The van der Waals surface area contributed by atoms with Gasteiger partial charge in [-0.1, -0.05) is 60.4 Å². The molecule has 2 N–H and O–H groups in total. The van der Waals surface area contributed by atoms with Crippen LogP contribution < -0.4 is 5.32 Å². The molecule has 0 spiro atoms. The van der Waals surface area contributed by atoms with Crippen molar-refractivity contribution in [3.05, 3.63) is 95.2 Å². The Kier molecular flexibility index (Phi) is 6.23. The molecule has 0 radical (unpaired) electrons. The zero-order valence-corrected chi connectivity index (χ0v) is 19.3. The lowest BCUT2D eigenvalue weighted by Gasteiger charge is -2.14. The number of nitrogens with one attached hydrogen (secondary N) is 2. The Hall–Kier alpha value is -4.50. The molecule has 0 aliphatic heterocycles. The van der Waals surface area contributed by atoms with E-state index in [9.17, 15) is 9.59 Å². The van der Waals surface area contributed by atoms with Gasteiger partial charge in [-0.3, -0.25) is 0 Å². The Morgan fingerprint density at radius 3 is 2.43 bits per heavy atom. The van der Waals surface area contributed by atoms with E-state index in [0.717, 1.165) is 16.5 Å². The topological polar surface area (TPSA) is 80.4 Å². The molecule has 6 heteroatoms. The van der Waals surface area contributed by atoms with E-state index >= 15 is 0 Å². The van der Waals surface area contributed by atoms with Crippen LogP contribution in [0.2, 0.25) is 0 Å². The van der Waals surface area contributed by atoms with Crippen LogP contribution in [0.25, 0.3) is 22.0 Å². The lowest BCUT2D eigenvalue weighted by Crippen LogP contribution is -2.26. The third-order valence-electron chi connectivity index (χ3n) is 6.18. The molecule has 1 aliphatic rings. The van der Waals surface area contributed by atoms with Gasteiger partial charge in [-0.05, 0) is 40.5 Å². The fourth-order valence-electron chi connectivity index (χ4n) is 4.52. The van der Waals surface area contributed by atoms with Crippen molar-refractivity contribution in [2.45, 2.75) is 12.3 Å². The number of carbonyl (C=O) groups excluding carboxylic acids is 2. The molecule has 0 atom stereocenters. The number of aromatic amines is 1. The number of ether oxygens (including phenoxy) is 2. The van der Waals surface area contributed by atoms with Crippen molar-refractivity contribution in [2.75, 3.05) is 20.3 Å². The van der Waals surface area contributed by atoms with E-state index in [1.165, 1.54) is 29.4 Å². The Bertz CT molecular complexity index is 1430. The summed E-state index contributed by atoms with van der Waals surface area (Å²) < 4.78 is 10.4. The molecule has 3 aromatic carbocycles. The number of carbonyl (C=O) groups is 2. The van der Waals surface area contributed by atoms with Crippen LogP contribution in [0.3, 0.4) is 0 Å². The van der Waals surface area contributed by atoms with Crippen LogP contribution in [-0.4, -0.2) is 37.3 Å². The van der Waals surface area contributed by atoms with Crippen molar-refractivity contribution in [1.82, 2.24) is 10.3 Å². The Labute approximate surface area is 203 Å². The maximum Gasteiger partial charge on any atom is 0.407 e. The summed E-state index contributed by atoms with van der Waals surface area (Å²) in [4.78, 5) is 27.2. The highest BCUT2D eigenvalue weighted by molar-refractivity contribution is 6.04. The standard InChI is InChI=1S/C29H24N2O4/c1-34-28(32)25-17-31-27-14-13-19(16-24(25)27)8-6-7-15-30-29(33)35-18-26-22-11-4-2-9-20(22)21-10-3-5-12-23(21)26/h2-5,9-14,16-17,26,31H,7,15,18H2,1H3,(H,30,33). The van der Waals surface area contributed by atoms with Crippen molar-refractivity contribution in [1.29, 1.82) is 0 Å². The average Bonchev–Trinajstić information content (AvgIpc) is 3.46. The van der Waals surface area contributed by atoms with Crippen molar-refractivity contribution >= 4 is 23.0 Å². The van der Waals surface area contributed by atoms with Gasteiger partial charge in [0.25, 0.3) is 0 Å². The third kappa shape index (κ3) is 4.49. The number of hydrogen-bond donors (Lipinski definition) is 2. The van der Waals surface area contributed by atoms with Gasteiger partial charge in [0.2, 0.25) is 0 Å². The van der Waals surface area contributed by atoms with Crippen LogP contribution in [0.1, 0.15) is 39.4 Å². The van der Waals surface area contributed by atoms with Crippen LogP contribution in [0, 0.1) is 11.8 Å². The summed E-state index contributed by atoms with van der Waals surface area (Å²) in [5.41, 5.74) is 6.86. The number of alkyl carbamates (subject to hydrolysis) is 1. The predicted molar refractivity (Wildman–Crippen MR) is 134 cm³/mol. The van der Waals surface area contributed by atoms with Crippen molar-refractivity contribution in [3.8, 4) is 23.0 Å². The molecule has 35 heavy (non-hydrogen) atoms. The number of fused-ring (bicyclic) bond motifs is 4. The number of esters is 1. The number of hydrogen-bond acceptors (Lipinski definition) is 4.